The van der Waals surface area contributed by atoms with Crippen molar-refractivity contribution in [2.45, 2.75) is 33.3 Å². The number of ether oxygens (including phenoxy) is 1. The zero-order valence-electron chi connectivity index (χ0n) is 15.4. The third-order valence-electron chi connectivity index (χ3n) is 4.70. The molecule has 1 amide bonds. The number of hydrogen-bond acceptors (Lipinski definition) is 4. The highest BCUT2D eigenvalue weighted by molar-refractivity contribution is 6.02. The Morgan fingerprint density at radius 3 is 2.48 bits per heavy atom. The SMILES string of the molecule is CC(=O)N1CCc2cc(C(=O)C(C)OC(=O)c3ccc(C)c(F)c3)ccc21. The van der Waals surface area contributed by atoms with Gasteiger partial charge in [0, 0.05) is 24.7 Å². The molecule has 1 aliphatic rings. The summed E-state index contributed by atoms with van der Waals surface area (Å²) in [4.78, 5) is 38.1. The highest BCUT2D eigenvalue weighted by atomic mass is 19.1. The predicted octanol–water partition coefficient (Wildman–Crippen LogP) is 3.47. The highest BCUT2D eigenvalue weighted by Crippen LogP contribution is 2.29. The van der Waals surface area contributed by atoms with Gasteiger partial charge in [-0.25, -0.2) is 9.18 Å². The molecule has 0 radical (unpaired) electrons. The van der Waals surface area contributed by atoms with E-state index in [1.54, 1.807) is 30.0 Å². The molecule has 1 aliphatic heterocycles. The molecule has 6 heteroatoms. The number of anilines is 1. The molecule has 140 valence electrons. The summed E-state index contributed by atoms with van der Waals surface area (Å²) in [6.45, 7) is 5.17. The van der Waals surface area contributed by atoms with Crippen LogP contribution in [0.5, 0.6) is 0 Å². The van der Waals surface area contributed by atoms with Crippen molar-refractivity contribution in [3.05, 3.63) is 64.5 Å². The van der Waals surface area contributed by atoms with E-state index in [-0.39, 0.29) is 17.3 Å². The van der Waals surface area contributed by atoms with Gasteiger partial charge in [0.15, 0.2) is 6.10 Å². The Morgan fingerprint density at radius 1 is 1.11 bits per heavy atom. The van der Waals surface area contributed by atoms with Crippen LogP contribution in [0, 0.1) is 12.7 Å². The minimum Gasteiger partial charge on any atom is -0.451 e. The number of carbonyl (C=O) groups excluding carboxylic acids is 3. The topological polar surface area (TPSA) is 63.7 Å². The molecule has 0 saturated carbocycles. The van der Waals surface area contributed by atoms with E-state index in [9.17, 15) is 18.8 Å². The zero-order chi connectivity index (χ0) is 19.7. The van der Waals surface area contributed by atoms with Gasteiger partial charge in [-0.1, -0.05) is 6.07 Å². The zero-order valence-corrected chi connectivity index (χ0v) is 15.4. The number of aryl methyl sites for hydroxylation is 1. The molecule has 1 heterocycles. The van der Waals surface area contributed by atoms with Gasteiger partial charge in [-0.3, -0.25) is 9.59 Å². The van der Waals surface area contributed by atoms with E-state index < -0.39 is 17.9 Å². The molecule has 0 saturated heterocycles. The Bertz CT molecular complexity index is 938. The molecule has 1 atom stereocenters. The van der Waals surface area contributed by atoms with Crippen molar-refractivity contribution in [3.8, 4) is 0 Å². The normalized spacial score (nSPS) is 13.9. The molecule has 3 rings (SSSR count). The second kappa shape index (κ2) is 7.31. The number of carbonyl (C=O) groups is 3. The van der Waals surface area contributed by atoms with Gasteiger partial charge in [-0.2, -0.15) is 0 Å². The lowest BCUT2D eigenvalue weighted by Gasteiger charge is -2.16. The number of Topliss-reactive ketones (excluding diaryl/α,β-unsaturated/α-hetero) is 1. The first kappa shape index (κ1) is 18.8. The van der Waals surface area contributed by atoms with E-state index in [1.165, 1.54) is 26.0 Å². The fourth-order valence-corrected chi connectivity index (χ4v) is 3.12. The number of benzene rings is 2. The number of ketones is 1. The van der Waals surface area contributed by atoms with Gasteiger partial charge in [0.05, 0.1) is 5.56 Å². The minimum atomic E-state index is -1.01. The summed E-state index contributed by atoms with van der Waals surface area (Å²) in [5.74, 6) is -1.64. The van der Waals surface area contributed by atoms with Crippen LogP contribution < -0.4 is 4.90 Å². The fraction of sp³-hybridized carbons (Fsp3) is 0.286. The molecular formula is C21H20FNO4. The van der Waals surface area contributed by atoms with Gasteiger partial charge in [0.1, 0.15) is 5.82 Å². The largest absolute Gasteiger partial charge is 0.451 e. The van der Waals surface area contributed by atoms with Crippen molar-refractivity contribution < 1.29 is 23.5 Å². The number of nitrogens with zero attached hydrogens (tertiary/aromatic N) is 1. The Morgan fingerprint density at radius 2 is 1.81 bits per heavy atom. The number of halogens is 1. The predicted molar refractivity (Wildman–Crippen MR) is 98.5 cm³/mol. The standard InChI is InChI=1S/C21H20FNO4/c1-12-4-5-17(11-18(12)22)21(26)27-13(2)20(25)16-6-7-19-15(10-16)8-9-23(19)14(3)24/h4-7,10-11,13H,8-9H2,1-3H3. The first-order valence-electron chi connectivity index (χ1n) is 8.70. The first-order chi connectivity index (χ1) is 12.8. The lowest BCUT2D eigenvalue weighted by atomic mass is 10.0. The molecule has 0 N–H and O–H groups in total. The van der Waals surface area contributed by atoms with Crippen LogP contribution in [0.25, 0.3) is 0 Å². The van der Waals surface area contributed by atoms with Crippen molar-refractivity contribution in [1.29, 1.82) is 0 Å². The summed E-state index contributed by atoms with van der Waals surface area (Å²) in [6, 6.07) is 9.14. The van der Waals surface area contributed by atoms with Crippen LogP contribution >= 0.6 is 0 Å². The maximum atomic E-state index is 13.6. The van der Waals surface area contributed by atoms with Crippen LogP contribution in [-0.2, 0) is 16.0 Å². The molecule has 0 spiro atoms. The average molecular weight is 369 g/mol. The second-order valence-corrected chi connectivity index (χ2v) is 6.64. The number of amides is 1. The van der Waals surface area contributed by atoms with Gasteiger partial charge < -0.3 is 9.64 Å². The third-order valence-corrected chi connectivity index (χ3v) is 4.70. The van der Waals surface area contributed by atoms with Gasteiger partial charge >= 0.3 is 5.97 Å². The Hall–Kier alpha value is -3.02. The third kappa shape index (κ3) is 3.74. The van der Waals surface area contributed by atoms with Crippen LogP contribution in [-0.4, -0.2) is 30.3 Å². The number of fused-ring (bicyclic) bond motifs is 1. The van der Waals surface area contributed by atoms with Crippen LogP contribution in [0.15, 0.2) is 36.4 Å². The van der Waals surface area contributed by atoms with Gasteiger partial charge in [0.2, 0.25) is 11.7 Å². The Kier molecular flexibility index (Phi) is 5.08. The molecule has 0 bridgehead atoms. The van der Waals surface area contributed by atoms with Gasteiger partial charge in [-0.05, 0) is 61.7 Å². The molecule has 27 heavy (non-hydrogen) atoms. The minimum absolute atomic E-state index is 0.0412. The highest BCUT2D eigenvalue weighted by Gasteiger charge is 2.26. The first-order valence-corrected chi connectivity index (χ1v) is 8.70. The summed E-state index contributed by atoms with van der Waals surface area (Å²) in [6.07, 6.45) is -0.336. The summed E-state index contributed by atoms with van der Waals surface area (Å²) < 4.78 is 18.8. The average Bonchev–Trinajstić information content (AvgIpc) is 3.06. The number of esters is 1. The van der Waals surface area contributed by atoms with Crippen LogP contribution in [0.3, 0.4) is 0 Å². The summed E-state index contributed by atoms with van der Waals surface area (Å²) in [5, 5.41) is 0. The summed E-state index contributed by atoms with van der Waals surface area (Å²) >= 11 is 0. The molecule has 0 aromatic heterocycles. The van der Waals surface area contributed by atoms with E-state index in [0.717, 1.165) is 17.3 Å². The summed E-state index contributed by atoms with van der Waals surface area (Å²) in [5.41, 5.74) is 2.61. The second-order valence-electron chi connectivity index (χ2n) is 6.64. The van der Waals surface area contributed by atoms with Crippen LogP contribution in [0.4, 0.5) is 10.1 Å². The maximum Gasteiger partial charge on any atom is 0.338 e. The van der Waals surface area contributed by atoms with Crippen molar-refractivity contribution >= 4 is 23.3 Å². The monoisotopic (exact) mass is 369 g/mol. The lowest BCUT2D eigenvalue weighted by molar-refractivity contribution is -0.116. The number of hydrogen-bond donors (Lipinski definition) is 0. The molecule has 5 nitrogen and oxygen atoms in total. The van der Waals surface area contributed by atoms with Crippen molar-refractivity contribution in [1.82, 2.24) is 0 Å². The van der Waals surface area contributed by atoms with Crippen molar-refractivity contribution in [2.24, 2.45) is 0 Å². The van der Waals surface area contributed by atoms with E-state index >= 15 is 0 Å². The lowest BCUT2D eigenvalue weighted by Crippen LogP contribution is -2.26. The van der Waals surface area contributed by atoms with E-state index in [1.807, 2.05) is 0 Å². The van der Waals surface area contributed by atoms with E-state index in [2.05, 4.69) is 0 Å². The Labute approximate surface area is 156 Å². The van der Waals surface area contributed by atoms with Crippen molar-refractivity contribution in [3.63, 3.8) is 0 Å². The number of rotatable bonds is 4. The van der Waals surface area contributed by atoms with Crippen LogP contribution in [0.1, 0.15) is 45.7 Å². The molecule has 2 aromatic carbocycles. The van der Waals surface area contributed by atoms with Crippen LogP contribution in [0.2, 0.25) is 0 Å². The smallest absolute Gasteiger partial charge is 0.338 e. The van der Waals surface area contributed by atoms with E-state index in [0.29, 0.717) is 24.1 Å². The van der Waals surface area contributed by atoms with Crippen molar-refractivity contribution in [2.75, 3.05) is 11.4 Å². The molecule has 0 fully saturated rings. The summed E-state index contributed by atoms with van der Waals surface area (Å²) in [7, 11) is 0. The maximum absolute atomic E-state index is 13.6. The van der Waals surface area contributed by atoms with Gasteiger partial charge in [0.25, 0.3) is 0 Å². The van der Waals surface area contributed by atoms with Gasteiger partial charge in [-0.15, -0.1) is 0 Å². The quantitative estimate of drug-likeness (QED) is 0.611. The molecule has 2 aromatic rings. The molecule has 0 aliphatic carbocycles. The fourth-order valence-electron chi connectivity index (χ4n) is 3.12. The van der Waals surface area contributed by atoms with E-state index in [4.69, 9.17) is 4.74 Å². The molecular weight excluding hydrogens is 349 g/mol. The molecule has 1 unspecified atom stereocenters. The Balaban J connectivity index is 1.73.